The van der Waals surface area contributed by atoms with Gasteiger partial charge in [0.25, 0.3) is 0 Å². The van der Waals surface area contributed by atoms with Crippen LogP contribution in [0.2, 0.25) is 5.02 Å². The number of rotatable bonds is 10. The van der Waals surface area contributed by atoms with E-state index in [0.29, 0.717) is 17.1 Å². The van der Waals surface area contributed by atoms with Gasteiger partial charge in [-0.15, -0.1) is 0 Å². The van der Waals surface area contributed by atoms with Gasteiger partial charge in [-0.1, -0.05) is 74.2 Å². The van der Waals surface area contributed by atoms with Gasteiger partial charge in [0, 0.05) is 17.6 Å². The highest BCUT2D eigenvalue weighted by Gasteiger charge is 2.32. The summed E-state index contributed by atoms with van der Waals surface area (Å²) >= 11 is 6.08. The number of nitrogens with zero attached hydrogens (tertiary/aromatic N) is 2. The van der Waals surface area contributed by atoms with Gasteiger partial charge < -0.3 is 10.2 Å². The second-order valence-corrected chi connectivity index (χ2v) is 11.4. The molecule has 2 aromatic rings. The van der Waals surface area contributed by atoms with Crippen molar-refractivity contribution in [3.63, 3.8) is 0 Å². The average Bonchev–Trinajstić information content (AvgIpc) is 2.82. The Labute approximate surface area is 213 Å². The third-order valence-corrected chi connectivity index (χ3v) is 7.68. The molecule has 1 saturated carbocycles. The maximum atomic E-state index is 13.7. The molecule has 1 atom stereocenters. The summed E-state index contributed by atoms with van der Waals surface area (Å²) in [6.45, 7) is 1.63. The van der Waals surface area contributed by atoms with Crippen LogP contribution in [0.15, 0.2) is 54.6 Å². The van der Waals surface area contributed by atoms with Crippen molar-refractivity contribution >= 4 is 39.1 Å². The molecule has 2 amide bonds. The Morgan fingerprint density at radius 1 is 1.06 bits per heavy atom. The van der Waals surface area contributed by atoms with Crippen LogP contribution in [-0.4, -0.2) is 50.0 Å². The number of amides is 2. The van der Waals surface area contributed by atoms with Gasteiger partial charge in [-0.2, -0.15) is 0 Å². The van der Waals surface area contributed by atoms with Crippen LogP contribution in [0.4, 0.5) is 5.69 Å². The number of hydrogen-bond donors (Lipinski definition) is 1. The minimum atomic E-state index is -3.78. The van der Waals surface area contributed by atoms with E-state index in [2.05, 4.69) is 5.32 Å². The SMILES string of the molecule is CC[C@H](C(=O)NC1CCCCC1)N(Cc1ccccc1)C(=O)CN(c1cccc(Cl)c1)S(C)(=O)=O. The first-order chi connectivity index (χ1) is 16.7. The van der Waals surface area contributed by atoms with Crippen LogP contribution in [0.1, 0.15) is 51.0 Å². The summed E-state index contributed by atoms with van der Waals surface area (Å²) in [5, 5.41) is 3.50. The van der Waals surface area contributed by atoms with Crippen LogP contribution in [0, 0.1) is 0 Å². The number of halogens is 1. The number of hydrogen-bond acceptors (Lipinski definition) is 4. The Hall–Kier alpha value is -2.58. The van der Waals surface area contributed by atoms with E-state index in [1.165, 1.54) is 17.4 Å². The minimum Gasteiger partial charge on any atom is -0.352 e. The molecule has 1 N–H and O–H groups in total. The van der Waals surface area contributed by atoms with Crippen molar-refractivity contribution in [2.24, 2.45) is 0 Å². The average molecular weight is 520 g/mol. The molecule has 0 aliphatic heterocycles. The Morgan fingerprint density at radius 3 is 2.34 bits per heavy atom. The van der Waals surface area contributed by atoms with E-state index in [9.17, 15) is 18.0 Å². The smallest absolute Gasteiger partial charge is 0.244 e. The summed E-state index contributed by atoms with van der Waals surface area (Å²) in [6, 6.07) is 15.2. The molecule has 2 aromatic carbocycles. The predicted octanol–water partition coefficient (Wildman–Crippen LogP) is 4.36. The van der Waals surface area contributed by atoms with Gasteiger partial charge in [-0.3, -0.25) is 13.9 Å². The van der Waals surface area contributed by atoms with Gasteiger partial charge in [0.05, 0.1) is 11.9 Å². The Morgan fingerprint density at radius 2 is 1.74 bits per heavy atom. The number of benzene rings is 2. The van der Waals surface area contributed by atoms with Gasteiger partial charge in [0.2, 0.25) is 21.8 Å². The highest BCUT2D eigenvalue weighted by atomic mass is 35.5. The molecule has 7 nitrogen and oxygen atoms in total. The molecule has 0 unspecified atom stereocenters. The third kappa shape index (κ3) is 7.70. The van der Waals surface area contributed by atoms with Crippen LogP contribution in [-0.2, 0) is 26.2 Å². The maximum absolute atomic E-state index is 13.7. The van der Waals surface area contributed by atoms with Crippen molar-refractivity contribution in [3.05, 3.63) is 65.2 Å². The second kappa shape index (κ2) is 12.4. The van der Waals surface area contributed by atoms with Crippen molar-refractivity contribution in [2.45, 2.75) is 64.1 Å². The van der Waals surface area contributed by atoms with Crippen molar-refractivity contribution in [2.75, 3.05) is 17.1 Å². The lowest BCUT2D eigenvalue weighted by molar-refractivity contribution is -0.140. The van der Waals surface area contributed by atoms with Crippen molar-refractivity contribution < 1.29 is 18.0 Å². The molecular formula is C26H34ClN3O4S. The maximum Gasteiger partial charge on any atom is 0.244 e. The lowest BCUT2D eigenvalue weighted by Crippen LogP contribution is -2.53. The Balaban J connectivity index is 1.89. The van der Waals surface area contributed by atoms with Gasteiger partial charge in [0.15, 0.2) is 0 Å². The third-order valence-electron chi connectivity index (χ3n) is 6.31. The fraction of sp³-hybridized carbons (Fsp3) is 0.462. The summed E-state index contributed by atoms with van der Waals surface area (Å²) < 4.78 is 26.3. The van der Waals surface area contributed by atoms with Gasteiger partial charge >= 0.3 is 0 Å². The largest absolute Gasteiger partial charge is 0.352 e. The molecule has 0 saturated heterocycles. The number of carbonyl (C=O) groups is 2. The first kappa shape index (κ1) is 27.0. The zero-order chi connectivity index (χ0) is 25.4. The standard InChI is InChI=1S/C26H34ClN3O4S/c1-3-24(26(32)28-22-14-8-5-9-15-22)29(18-20-11-6-4-7-12-20)25(31)19-30(35(2,33)34)23-16-10-13-21(27)17-23/h4,6-7,10-13,16-17,22,24H,3,5,8-9,14-15,18-19H2,1-2H3,(H,28,32)/t24-/m1/s1. The summed E-state index contributed by atoms with van der Waals surface area (Å²) in [4.78, 5) is 28.5. The van der Waals surface area contributed by atoms with E-state index >= 15 is 0 Å². The molecule has 1 fully saturated rings. The number of nitrogens with one attached hydrogen (secondary N) is 1. The summed E-state index contributed by atoms with van der Waals surface area (Å²) in [5.74, 6) is -0.651. The Bertz CT molecular complexity index is 1100. The monoisotopic (exact) mass is 519 g/mol. The van der Waals surface area contributed by atoms with Crippen molar-refractivity contribution in [1.82, 2.24) is 10.2 Å². The molecule has 35 heavy (non-hydrogen) atoms. The predicted molar refractivity (Wildman–Crippen MR) is 140 cm³/mol. The summed E-state index contributed by atoms with van der Waals surface area (Å²) in [5.41, 5.74) is 1.16. The van der Waals surface area contributed by atoms with Gasteiger partial charge in [-0.05, 0) is 43.0 Å². The topological polar surface area (TPSA) is 86.8 Å². The van der Waals surface area contributed by atoms with Gasteiger partial charge in [-0.25, -0.2) is 8.42 Å². The molecule has 0 heterocycles. The quantitative estimate of drug-likeness (QED) is 0.505. The van der Waals surface area contributed by atoms with Crippen LogP contribution < -0.4 is 9.62 Å². The lowest BCUT2D eigenvalue weighted by atomic mass is 9.95. The number of anilines is 1. The molecule has 0 spiro atoms. The molecule has 0 radical (unpaired) electrons. The molecule has 1 aliphatic carbocycles. The first-order valence-corrected chi connectivity index (χ1v) is 14.3. The van der Waals surface area contributed by atoms with E-state index in [0.717, 1.165) is 41.8 Å². The van der Waals surface area contributed by atoms with E-state index in [4.69, 9.17) is 11.6 Å². The molecule has 1 aliphatic rings. The highest BCUT2D eigenvalue weighted by molar-refractivity contribution is 7.92. The van der Waals surface area contributed by atoms with E-state index in [-0.39, 0.29) is 18.5 Å². The molecular weight excluding hydrogens is 486 g/mol. The van der Waals surface area contributed by atoms with E-state index < -0.39 is 28.5 Å². The minimum absolute atomic E-state index is 0.109. The second-order valence-electron chi connectivity index (χ2n) is 9.02. The normalized spacial score (nSPS) is 15.3. The fourth-order valence-corrected chi connectivity index (χ4v) is 5.51. The Kier molecular flexibility index (Phi) is 9.57. The zero-order valence-corrected chi connectivity index (χ0v) is 21.9. The van der Waals surface area contributed by atoms with Crippen molar-refractivity contribution in [1.29, 1.82) is 0 Å². The van der Waals surface area contributed by atoms with Crippen LogP contribution >= 0.6 is 11.6 Å². The van der Waals surface area contributed by atoms with Crippen molar-refractivity contribution in [3.8, 4) is 0 Å². The number of sulfonamides is 1. The van der Waals surface area contributed by atoms with Crippen LogP contribution in [0.3, 0.4) is 0 Å². The molecule has 0 aromatic heterocycles. The lowest BCUT2D eigenvalue weighted by Gasteiger charge is -2.34. The van der Waals surface area contributed by atoms with Gasteiger partial charge in [0.1, 0.15) is 12.6 Å². The zero-order valence-electron chi connectivity index (χ0n) is 20.3. The van der Waals surface area contributed by atoms with Crippen LogP contribution in [0.5, 0.6) is 0 Å². The van der Waals surface area contributed by atoms with Crippen LogP contribution in [0.25, 0.3) is 0 Å². The molecule has 190 valence electrons. The highest BCUT2D eigenvalue weighted by Crippen LogP contribution is 2.23. The fourth-order valence-electron chi connectivity index (χ4n) is 4.49. The molecule has 0 bridgehead atoms. The summed E-state index contributed by atoms with van der Waals surface area (Å²) in [6.07, 6.45) is 6.67. The first-order valence-electron chi connectivity index (χ1n) is 12.1. The molecule has 3 rings (SSSR count). The number of carbonyl (C=O) groups excluding carboxylic acids is 2. The summed E-state index contributed by atoms with van der Waals surface area (Å²) in [7, 11) is -3.78. The van der Waals surface area contributed by atoms with E-state index in [1.807, 2.05) is 37.3 Å². The van der Waals surface area contributed by atoms with E-state index in [1.54, 1.807) is 18.2 Å². The molecule has 9 heteroatoms.